The van der Waals surface area contributed by atoms with Gasteiger partial charge in [0.15, 0.2) is 0 Å². The Morgan fingerprint density at radius 1 is 1.25 bits per heavy atom. The predicted molar refractivity (Wildman–Crippen MR) is 78.2 cm³/mol. The van der Waals surface area contributed by atoms with Crippen LogP contribution in [0.15, 0.2) is 34.8 Å². The number of ether oxygens (including phenoxy) is 1. The number of nitrogens with one attached hydrogen (secondary N) is 1. The Labute approximate surface area is 125 Å². The van der Waals surface area contributed by atoms with Gasteiger partial charge in [-0.15, -0.1) is 5.10 Å². The van der Waals surface area contributed by atoms with Gasteiger partial charge in [-0.3, -0.25) is 0 Å². The molecular weight excluding hydrogens is 325 g/mol. The molecule has 6 heteroatoms. The van der Waals surface area contributed by atoms with Gasteiger partial charge in [-0.05, 0) is 34.1 Å². The van der Waals surface area contributed by atoms with Gasteiger partial charge in [-0.1, -0.05) is 13.8 Å². The molecule has 1 aromatic heterocycles. The topological polar surface area (TPSA) is 47.0 Å². The van der Waals surface area contributed by atoms with Crippen LogP contribution in [-0.2, 0) is 6.54 Å². The average molecular weight is 340 g/mol. The summed E-state index contributed by atoms with van der Waals surface area (Å²) in [4.78, 5) is 0. The Bertz CT molecular complexity index is 575. The van der Waals surface area contributed by atoms with Crippen LogP contribution < -0.4 is 10.1 Å². The molecule has 4 nitrogen and oxygen atoms in total. The van der Waals surface area contributed by atoms with E-state index >= 15 is 0 Å². The maximum absolute atomic E-state index is 13.4. The zero-order valence-electron chi connectivity index (χ0n) is 11.2. The summed E-state index contributed by atoms with van der Waals surface area (Å²) in [7, 11) is 0. The summed E-state index contributed by atoms with van der Waals surface area (Å²) in [5.41, 5.74) is 0.827. The van der Waals surface area contributed by atoms with E-state index in [4.69, 9.17) is 4.74 Å². The van der Waals surface area contributed by atoms with Gasteiger partial charge >= 0.3 is 0 Å². The highest BCUT2D eigenvalue weighted by Gasteiger charge is 2.04. The minimum absolute atomic E-state index is 0.333. The van der Waals surface area contributed by atoms with Crippen molar-refractivity contribution in [2.75, 3.05) is 0 Å². The van der Waals surface area contributed by atoms with Crippen LogP contribution in [0.25, 0.3) is 0 Å². The van der Waals surface area contributed by atoms with Gasteiger partial charge in [0.2, 0.25) is 5.88 Å². The Morgan fingerprint density at radius 2 is 2.05 bits per heavy atom. The number of benzene rings is 1. The molecule has 2 aromatic rings. The summed E-state index contributed by atoms with van der Waals surface area (Å²) in [6.07, 6.45) is 0. The van der Waals surface area contributed by atoms with E-state index in [0.29, 0.717) is 28.7 Å². The number of hydrogen-bond donors (Lipinski definition) is 1. The average Bonchev–Trinajstić information content (AvgIpc) is 2.42. The molecule has 0 radical (unpaired) electrons. The number of halogens is 2. The van der Waals surface area contributed by atoms with E-state index in [-0.39, 0.29) is 5.82 Å². The molecule has 0 bridgehead atoms. The van der Waals surface area contributed by atoms with Crippen molar-refractivity contribution in [2.24, 2.45) is 0 Å². The molecule has 0 saturated carbocycles. The lowest BCUT2D eigenvalue weighted by Gasteiger charge is -2.08. The number of hydrogen-bond acceptors (Lipinski definition) is 4. The second-order valence-corrected chi connectivity index (χ2v) is 5.43. The second kappa shape index (κ2) is 6.76. The van der Waals surface area contributed by atoms with Crippen LogP contribution in [0, 0.1) is 5.82 Å². The second-order valence-electron chi connectivity index (χ2n) is 4.58. The first kappa shape index (κ1) is 14.9. The first-order chi connectivity index (χ1) is 9.54. The third kappa shape index (κ3) is 4.25. The molecule has 0 aliphatic heterocycles. The molecule has 0 amide bonds. The Balaban J connectivity index is 2.01. The zero-order valence-corrected chi connectivity index (χ0v) is 12.8. The lowest BCUT2D eigenvalue weighted by Crippen LogP contribution is -2.22. The van der Waals surface area contributed by atoms with Crippen LogP contribution in [0.5, 0.6) is 11.6 Å². The molecule has 0 aliphatic rings. The molecule has 1 heterocycles. The first-order valence-electron chi connectivity index (χ1n) is 6.23. The van der Waals surface area contributed by atoms with Crippen molar-refractivity contribution in [3.05, 3.63) is 46.3 Å². The van der Waals surface area contributed by atoms with Crippen LogP contribution in [0.4, 0.5) is 4.39 Å². The molecule has 1 N–H and O–H groups in total. The molecule has 0 atom stereocenters. The molecular formula is C14H15BrFN3O. The van der Waals surface area contributed by atoms with E-state index in [9.17, 15) is 4.39 Å². The number of rotatable bonds is 5. The van der Waals surface area contributed by atoms with E-state index in [1.807, 2.05) is 6.07 Å². The minimum atomic E-state index is -0.381. The summed E-state index contributed by atoms with van der Waals surface area (Å²) in [6, 6.07) is 8.46. The van der Waals surface area contributed by atoms with E-state index in [2.05, 4.69) is 45.3 Å². The van der Waals surface area contributed by atoms with Crippen molar-refractivity contribution in [3.8, 4) is 11.6 Å². The van der Waals surface area contributed by atoms with Crippen LogP contribution in [0.3, 0.4) is 0 Å². The summed E-state index contributed by atoms with van der Waals surface area (Å²) >= 11 is 3.09. The van der Waals surface area contributed by atoms with Gasteiger partial charge in [0.25, 0.3) is 0 Å². The molecule has 0 fully saturated rings. The molecule has 0 unspecified atom stereocenters. The highest BCUT2D eigenvalue weighted by Crippen LogP contribution is 2.24. The minimum Gasteiger partial charge on any atom is -0.437 e. The van der Waals surface area contributed by atoms with Crippen LogP contribution in [0.2, 0.25) is 0 Å². The van der Waals surface area contributed by atoms with Crippen LogP contribution in [-0.4, -0.2) is 16.2 Å². The molecule has 0 spiro atoms. The normalized spacial score (nSPS) is 10.8. The lowest BCUT2D eigenvalue weighted by atomic mass is 10.3. The van der Waals surface area contributed by atoms with Gasteiger partial charge in [-0.25, -0.2) is 4.39 Å². The fraction of sp³-hybridized carbons (Fsp3) is 0.286. The standard InChI is InChI=1S/C14H15BrFN3O/c1-9(2)17-8-10-3-6-14(19-18-10)20-11-4-5-12(15)13(16)7-11/h3-7,9,17H,8H2,1-2H3. The highest BCUT2D eigenvalue weighted by molar-refractivity contribution is 9.10. The molecule has 0 saturated heterocycles. The van der Waals surface area contributed by atoms with Crippen molar-refractivity contribution in [1.29, 1.82) is 0 Å². The smallest absolute Gasteiger partial charge is 0.238 e. The molecule has 106 valence electrons. The molecule has 0 aliphatic carbocycles. The van der Waals surface area contributed by atoms with Crippen molar-refractivity contribution < 1.29 is 9.13 Å². The maximum Gasteiger partial charge on any atom is 0.238 e. The van der Waals surface area contributed by atoms with Gasteiger partial charge in [0.05, 0.1) is 10.2 Å². The summed E-state index contributed by atoms with van der Waals surface area (Å²) in [6.45, 7) is 4.78. The van der Waals surface area contributed by atoms with E-state index < -0.39 is 0 Å². The predicted octanol–water partition coefficient (Wildman–Crippen LogP) is 3.67. The Hall–Kier alpha value is -1.53. The first-order valence-corrected chi connectivity index (χ1v) is 7.03. The van der Waals surface area contributed by atoms with Crippen molar-refractivity contribution in [1.82, 2.24) is 15.5 Å². The van der Waals surface area contributed by atoms with E-state index in [1.54, 1.807) is 18.2 Å². The summed E-state index contributed by atoms with van der Waals surface area (Å²) in [5, 5.41) is 11.3. The zero-order chi connectivity index (χ0) is 14.5. The molecule has 2 rings (SSSR count). The van der Waals surface area contributed by atoms with Crippen molar-refractivity contribution in [2.45, 2.75) is 26.4 Å². The van der Waals surface area contributed by atoms with Gasteiger partial charge in [0, 0.05) is 24.7 Å². The highest BCUT2D eigenvalue weighted by atomic mass is 79.9. The molecule has 20 heavy (non-hydrogen) atoms. The molecule has 1 aromatic carbocycles. The van der Waals surface area contributed by atoms with Crippen molar-refractivity contribution >= 4 is 15.9 Å². The maximum atomic E-state index is 13.4. The fourth-order valence-electron chi connectivity index (χ4n) is 1.47. The number of aromatic nitrogens is 2. The van der Waals surface area contributed by atoms with Crippen LogP contribution in [0.1, 0.15) is 19.5 Å². The largest absolute Gasteiger partial charge is 0.437 e. The van der Waals surface area contributed by atoms with Gasteiger partial charge < -0.3 is 10.1 Å². The Morgan fingerprint density at radius 3 is 2.65 bits per heavy atom. The van der Waals surface area contributed by atoms with E-state index in [0.717, 1.165) is 5.69 Å². The van der Waals surface area contributed by atoms with Gasteiger partial charge in [-0.2, -0.15) is 5.10 Å². The SMILES string of the molecule is CC(C)NCc1ccc(Oc2ccc(Br)c(F)c2)nn1. The van der Waals surface area contributed by atoms with E-state index in [1.165, 1.54) is 6.07 Å². The summed E-state index contributed by atoms with van der Waals surface area (Å²) in [5.74, 6) is 0.335. The monoisotopic (exact) mass is 339 g/mol. The fourth-order valence-corrected chi connectivity index (χ4v) is 1.71. The third-order valence-corrected chi connectivity index (χ3v) is 3.14. The van der Waals surface area contributed by atoms with Gasteiger partial charge in [0.1, 0.15) is 11.6 Å². The van der Waals surface area contributed by atoms with Crippen LogP contribution >= 0.6 is 15.9 Å². The third-order valence-electron chi connectivity index (χ3n) is 2.50. The van der Waals surface area contributed by atoms with Crippen molar-refractivity contribution in [3.63, 3.8) is 0 Å². The lowest BCUT2D eigenvalue weighted by molar-refractivity contribution is 0.448. The Kier molecular flexibility index (Phi) is 5.03. The number of nitrogens with zero attached hydrogens (tertiary/aromatic N) is 2. The quantitative estimate of drug-likeness (QED) is 0.902. The summed E-state index contributed by atoms with van der Waals surface area (Å²) < 4.78 is 19.2.